The van der Waals surface area contributed by atoms with Crippen molar-refractivity contribution in [1.29, 1.82) is 0 Å². The highest BCUT2D eigenvalue weighted by molar-refractivity contribution is 5.74. The van der Waals surface area contributed by atoms with Crippen molar-refractivity contribution >= 4 is 5.97 Å². The molecule has 0 aliphatic rings. The minimum Gasteiger partial charge on any atom is -0.508 e. The number of nitrogens with one attached hydrogen (secondary N) is 2. The Labute approximate surface area is 110 Å². The lowest BCUT2D eigenvalue weighted by Gasteiger charge is -2.13. The van der Waals surface area contributed by atoms with Gasteiger partial charge in [0.2, 0.25) is 0 Å². The maximum Gasteiger partial charge on any atom is 0.326 e. The van der Waals surface area contributed by atoms with Gasteiger partial charge in [-0.15, -0.1) is 0 Å². The number of hydrogen-bond acceptors (Lipinski definition) is 3. The summed E-state index contributed by atoms with van der Waals surface area (Å²) >= 11 is 0. The van der Waals surface area contributed by atoms with Crippen LogP contribution in [-0.2, 0) is 11.2 Å². The van der Waals surface area contributed by atoms with Gasteiger partial charge in [-0.25, -0.2) is 0 Å². The number of benzene rings is 1. The average Bonchev–Trinajstić information content (AvgIpc) is 2.90. The second-order valence-corrected chi connectivity index (χ2v) is 4.27. The van der Waals surface area contributed by atoms with Gasteiger partial charge in [0.25, 0.3) is 0 Å². The monoisotopic (exact) mass is 260 g/mol. The van der Waals surface area contributed by atoms with Crippen LogP contribution in [0.2, 0.25) is 0 Å². The summed E-state index contributed by atoms with van der Waals surface area (Å²) in [5, 5.41) is 21.3. The van der Waals surface area contributed by atoms with Gasteiger partial charge in [0.1, 0.15) is 11.8 Å². The number of aliphatic carboxylic acids is 1. The number of carboxylic acid groups (broad SMARTS) is 1. The third kappa shape index (κ3) is 3.59. The number of H-pyrrole nitrogens is 1. The molecule has 0 amide bonds. The van der Waals surface area contributed by atoms with Crippen molar-refractivity contribution in [2.24, 2.45) is 0 Å². The minimum absolute atomic E-state index is 0.228. The fourth-order valence-corrected chi connectivity index (χ4v) is 1.88. The summed E-state index contributed by atoms with van der Waals surface area (Å²) in [5.41, 5.74) is 1.68. The number of rotatable bonds is 6. The van der Waals surface area contributed by atoms with Crippen molar-refractivity contribution in [3.63, 3.8) is 0 Å². The topological polar surface area (TPSA) is 85.3 Å². The predicted molar refractivity (Wildman–Crippen MR) is 71.0 cm³/mol. The van der Waals surface area contributed by atoms with Crippen LogP contribution in [0.15, 0.2) is 42.6 Å². The Bertz CT molecular complexity index is 520. The summed E-state index contributed by atoms with van der Waals surface area (Å²) in [6.45, 7) is 0.542. The van der Waals surface area contributed by atoms with E-state index in [4.69, 9.17) is 5.11 Å². The van der Waals surface area contributed by atoms with E-state index >= 15 is 0 Å². The zero-order chi connectivity index (χ0) is 13.7. The van der Waals surface area contributed by atoms with Crippen LogP contribution in [0.1, 0.15) is 17.3 Å². The number of aromatic hydroxyl groups is 1. The second kappa shape index (κ2) is 6.06. The lowest BCUT2D eigenvalue weighted by molar-refractivity contribution is -0.139. The Hall–Kier alpha value is -2.27. The normalized spacial score (nSPS) is 12.2. The molecule has 0 bridgehead atoms. The molecule has 5 heteroatoms. The molecule has 0 saturated carbocycles. The molecule has 1 aromatic carbocycles. The molecular formula is C14H16N2O3. The van der Waals surface area contributed by atoms with Crippen LogP contribution in [0.5, 0.6) is 5.75 Å². The van der Waals surface area contributed by atoms with Crippen molar-refractivity contribution in [2.45, 2.75) is 12.5 Å². The van der Waals surface area contributed by atoms with Crippen LogP contribution >= 0.6 is 0 Å². The molecule has 1 aromatic heterocycles. The van der Waals surface area contributed by atoms with Crippen LogP contribution in [0.3, 0.4) is 0 Å². The number of hydrogen-bond donors (Lipinski definition) is 4. The first-order chi connectivity index (χ1) is 9.16. The van der Waals surface area contributed by atoms with E-state index in [1.807, 2.05) is 12.1 Å². The van der Waals surface area contributed by atoms with E-state index in [2.05, 4.69) is 10.3 Å². The molecule has 2 aromatic rings. The van der Waals surface area contributed by atoms with Crippen LogP contribution < -0.4 is 5.32 Å². The molecule has 1 atom stereocenters. The number of aromatic nitrogens is 1. The SMILES string of the molecule is O=C(O)C(NCCc1ccc(O)cc1)c1ccc[nH]1. The third-order valence-corrected chi connectivity index (χ3v) is 2.88. The maximum absolute atomic E-state index is 11.2. The molecule has 0 spiro atoms. The molecule has 1 heterocycles. The zero-order valence-corrected chi connectivity index (χ0v) is 10.3. The number of carbonyl (C=O) groups is 1. The Morgan fingerprint density at radius 1 is 1.26 bits per heavy atom. The maximum atomic E-state index is 11.2. The van der Waals surface area contributed by atoms with E-state index in [0.717, 1.165) is 5.56 Å². The lowest BCUT2D eigenvalue weighted by Crippen LogP contribution is -2.30. The molecule has 100 valence electrons. The molecule has 0 fully saturated rings. The summed E-state index contributed by atoms with van der Waals surface area (Å²) in [4.78, 5) is 14.1. The smallest absolute Gasteiger partial charge is 0.326 e. The summed E-state index contributed by atoms with van der Waals surface area (Å²) in [6, 6.07) is 9.67. The van der Waals surface area contributed by atoms with Crippen molar-refractivity contribution in [2.75, 3.05) is 6.54 Å². The fourth-order valence-electron chi connectivity index (χ4n) is 1.88. The highest BCUT2D eigenvalue weighted by Crippen LogP contribution is 2.12. The van der Waals surface area contributed by atoms with E-state index in [1.54, 1.807) is 30.5 Å². The Balaban J connectivity index is 1.90. The average molecular weight is 260 g/mol. The van der Waals surface area contributed by atoms with Crippen molar-refractivity contribution < 1.29 is 15.0 Å². The molecule has 0 saturated heterocycles. The molecule has 0 aliphatic heterocycles. The minimum atomic E-state index is -0.909. The van der Waals surface area contributed by atoms with E-state index in [1.165, 1.54) is 0 Å². The van der Waals surface area contributed by atoms with Gasteiger partial charge in [-0.05, 0) is 36.2 Å². The summed E-state index contributed by atoms with van der Waals surface area (Å²) < 4.78 is 0. The number of aromatic amines is 1. The molecule has 0 aliphatic carbocycles. The first kappa shape index (κ1) is 13.2. The van der Waals surface area contributed by atoms with Gasteiger partial charge in [-0.3, -0.25) is 10.1 Å². The Kier molecular flexibility index (Phi) is 4.20. The molecule has 19 heavy (non-hydrogen) atoms. The van der Waals surface area contributed by atoms with Gasteiger partial charge >= 0.3 is 5.97 Å². The molecule has 5 nitrogen and oxygen atoms in total. The van der Waals surface area contributed by atoms with E-state index in [9.17, 15) is 9.90 Å². The predicted octanol–water partition coefficient (Wildman–Crippen LogP) is 1.68. The molecule has 4 N–H and O–H groups in total. The number of phenolic OH excluding ortho intramolecular Hbond substituents is 1. The summed E-state index contributed by atoms with van der Waals surface area (Å²) in [7, 11) is 0. The second-order valence-electron chi connectivity index (χ2n) is 4.27. The van der Waals surface area contributed by atoms with Gasteiger partial charge in [0, 0.05) is 18.4 Å². The zero-order valence-electron chi connectivity index (χ0n) is 10.3. The van der Waals surface area contributed by atoms with Crippen LogP contribution in [0.25, 0.3) is 0 Å². The van der Waals surface area contributed by atoms with Crippen molar-refractivity contribution in [3.8, 4) is 5.75 Å². The van der Waals surface area contributed by atoms with Gasteiger partial charge < -0.3 is 15.2 Å². The Morgan fingerprint density at radius 2 is 2.00 bits per heavy atom. The van der Waals surface area contributed by atoms with E-state index in [0.29, 0.717) is 18.7 Å². The van der Waals surface area contributed by atoms with Gasteiger partial charge in [0.05, 0.1) is 0 Å². The lowest BCUT2D eigenvalue weighted by atomic mass is 10.1. The summed E-state index contributed by atoms with van der Waals surface area (Å²) in [6.07, 6.45) is 2.40. The first-order valence-corrected chi connectivity index (χ1v) is 6.04. The first-order valence-electron chi connectivity index (χ1n) is 6.04. The number of carboxylic acids is 1. The number of phenols is 1. The van der Waals surface area contributed by atoms with Crippen molar-refractivity contribution in [1.82, 2.24) is 10.3 Å². The highest BCUT2D eigenvalue weighted by Gasteiger charge is 2.19. The van der Waals surface area contributed by atoms with E-state index < -0.39 is 12.0 Å². The van der Waals surface area contributed by atoms with Crippen LogP contribution in [0, 0.1) is 0 Å². The van der Waals surface area contributed by atoms with Crippen molar-refractivity contribution in [3.05, 3.63) is 53.9 Å². The summed E-state index contributed by atoms with van der Waals surface area (Å²) in [5.74, 6) is -0.681. The quantitative estimate of drug-likeness (QED) is 0.636. The van der Waals surface area contributed by atoms with E-state index in [-0.39, 0.29) is 5.75 Å². The molecule has 1 unspecified atom stereocenters. The van der Waals surface area contributed by atoms with Gasteiger partial charge in [-0.1, -0.05) is 12.1 Å². The van der Waals surface area contributed by atoms with Gasteiger partial charge in [0.15, 0.2) is 0 Å². The molecular weight excluding hydrogens is 244 g/mol. The largest absolute Gasteiger partial charge is 0.508 e. The molecule has 2 rings (SSSR count). The van der Waals surface area contributed by atoms with Crippen LogP contribution in [0.4, 0.5) is 0 Å². The molecule has 0 radical (unpaired) electrons. The van der Waals surface area contributed by atoms with Gasteiger partial charge in [-0.2, -0.15) is 0 Å². The van der Waals surface area contributed by atoms with Crippen LogP contribution in [-0.4, -0.2) is 27.7 Å². The standard InChI is InChI=1S/C14H16N2O3/c17-11-5-3-10(4-6-11)7-9-16-13(14(18)19)12-2-1-8-15-12/h1-6,8,13,15-17H,7,9H2,(H,18,19). The Morgan fingerprint density at radius 3 is 2.58 bits per heavy atom. The highest BCUT2D eigenvalue weighted by atomic mass is 16.4. The fraction of sp³-hybridized carbons (Fsp3) is 0.214. The third-order valence-electron chi connectivity index (χ3n) is 2.88.